The molecule has 1 aromatic heterocycles. The van der Waals surface area contributed by atoms with Gasteiger partial charge in [0.25, 0.3) is 0 Å². The fourth-order valence-corrected chi connectivity index (χ4v) is 2.37. The van der Waals surface area contributed by atoms with E-state index in [1.165, 1.54) is 0 Å². The lowest BCUT2D eigenvalue weighted by atomic mass is 10.2. The Labute approximate surface area is 125 Å². The number of aryl methyl sites for hydroxylation is 1. The van der Waals surface area contributed by atoms with Crippen LogP contribution in [0.25, 0.3) is 5.69 Å². The lowest BCUT2D eigenvalue weighted by Gasteiger charge is -2.24. The summed E-state index contributed by atoms with van der Waals surface area (Å²) in [6.07, 6.45) is 3.67. The van der Waals surface area contributed by atoms with Gasteiger partial charge in [0.15, 0.2) is 0 Å². The van der Waals surface area contributed by atoms with Crippen LogP contribution in [0, 0.1) is 6.92 Å². The van der Waals surface area contributed by atoms with Gasteiger partial charge in [0.2, 0.25) is 0 Å². The van der Waals surface area contributed by atoms with Gasteiger partial charge in [0, 0.05) is 18.7 Å². The zero-order valence-electron chi connectivity index (χ0n) is 12.4. The smallest absolute Gasteiger partial charge is 0.138 e. The summed E-state index contributed by atoms with van der Waals surface area (Å²) in [6.45, 7) is 10.8. The first-order valence-electron chi connectivity index (χ1n) is 6.94. The first kappa shape index (κ1) is 15.1. The molecule has 0 saturated carbocycles. The van der Waals surface area contributed by atoms with Gasteiger partial charge in [-0.15, -0.1) is 13.2 Å². The maximum atomic E-state index is 9.71. The van der Waals surface area contributed by atoms with Crippen molar-refractivity contribution in [3.8, 4) is 5.69 Å². The predicted molar refractivity (Wildman–Crippen MR) is 86.8 cm³/mol. The van der Waals surface area contributed by atoms with Gasteiger partial charge >= 0.3 is 0 Å². The molecule has 2 aromatic rings. The summed E-state index contributed by atoms with van der Waals surface area (Å²) in [7, 11) is 0. The molecule has 0 spiro atoms. The topological polar surface area (TPSA) is 41.3 Å². The van der Waals surface area contributed by atoms with Crippen LogP contribution >= 0.6 is 0 Å². The molecule has 0 atom stereocenters. The molecule has 0 unspecified atom stereocenters. The fourth-order valence-electron chi connectivity index (χ4n) is 2.37. The summed E-state index contributed by atoms with van der Waals surface area (Å²) in [5.74, 6) is 0.890. The van der Waals surface area contributed by atoms with E-state index in [2.05, 4.69) is 23.2 Å². The second-order valence-corrected chi connectivity index (χ2v) is 4.78. The molecule has 0 aliphatic carbocycles. The van der Waals surface area contributed by atoms with Crippen molar-refractivity contribution in [1.82, 2.24) is 9.78 Å². The molecule has 0 amide bonds. The van der Waals surface area contributed by atoms with Crippen LogP contribution in [-0.4, -0.2) is 28.0 Å². The first-order chi connectivity index (χ1) is 10.2. The van der Waals surface area contributed by atoms with Crippen LogP contribution in [0.4, 0.5) is 5.82 Å². The number of aliphatic hydroxyl groups excluding tert-OH is 1. The van der Waals surface area contributed by atoms with E-state index in [0.29, 0.717) is 13.1 Å². The summed E-state index contributed by atoms with van der Waals surface area (Å²) >= 11 is 0. The van der Waals surface area contributed by atoms with Gasteiger partial charge in [-0.1, -0.05) is 30.4 Å². The van der Waals surface area contributed by atoms with Crippen molar-refractivity contribution in [3.05, 3.63) is 66.9 Å². The van der Waals surface area contributed by atoms with Gasteiger partial charge < -0.3 is 10.0 Å². The van der Waals surface area contributed by atoms with Crippen LogP contribution in [0.2, 0.25) is 0 Å². The van der Waals surface area contributed by atoms with Crippen LogP contribution in [0.5, 0.6) is 0 Å². The monoisotopic (exact) mass is 283 g/mol. The highest BCUT2D eigenvalue weighted by Gasteiger charge is 2.20. The van der Waals surface area contributed by atoms with Crippen molar-refractivity contribution in [2.24, 2.45) is 0 Å². The Kier molecular flexibility index (Phi) is 4.95. The summed E-state index contributed by atoms with van der Waals surface area (Å²) in [5.41, 5.74) is 2.63. The highest BCUT2D eigenvalue weighted by atomic mass is 16.3. The first-order valence-corrected chi connectivity index (χ1v) is 6.94. The highest BCUT2D eigenvalue weighted by molar-refractivity contribution is 5.55. The Balaban J connectivity index is 2.60. The van der Waals surface area contributed by atoms with Gasteiger partial charge in [-0.05, 0) is 19.1 Å². The maximum absolute atomic E-state index is 9.71. The average molecular weight is 283 g/mol. The molecule has 0 saturated heterocycles. The molecular weight excluding hydrogens is 262 g/mol. The summed E-state index contributed by atoms with van der Waals surface area (Å²) in [5, 5.41) is 14.3. The van der Waals surface area contributed by atoms with Gasteiger partial charge in [-0.3, -0.25) is 0 Å². The maximum Gasteiger partial charge on any atom is 0.138 e. The number of benzene rings is 1. The fraction of sp³-hybridized carbons (Fsp3) is 0.235. The molecule has 0 fully saturated rings. The second kappa shape index (κ2) is 6.90. The molecule has 1 aromatic carbocycles. The van der Waals surface area contributed by atoms with E-state index >= 15 is 0 Å². The largest absolute Gasteiger partial charge is 0.391 e. The van der Waals surface area contributed by atoms with E-state index in [-0.39, 0.29) is 6.61 Å². The van der Waals surface area contributed by atoms with Crippen LogP contribution in [-0.2, 0) is 6.61 Å². The van der Waals surface area contributed by atoms with Crippen molar-refractivity contribution in [3.63, 3.8) is 0 Å². The van der Waals surface area contributed by atoms with Crippen LogP contribution < -0.4 is 4.90 Å². The molecule has 110 valence electrons. The minimum Gasteiger partial charge on any atom is -0.391 e. The van der Waals surface area contributed by atoms with E-state index in [9.17, 15) is 5.11 Å². The third-order valence-electron chi connectivity index (χ3n) is 3.31. The van der Waals surface area contributed by atoms with E-state index in [4.69, 9.17) is 0 Å². The zero-order valence-corrected chi connectivity index (χ0v) is 12.4. The molecule has 1 N–H and O–H groups in total. The van der Waals surface area contributed by atoms with Gasteiger partial charge in [-0.25, -0.2) is 4.68 Å². The van der Waals surface area contributed by atoms with E-state index in [1.807, 2.05) is 54.1 Å². The average Bonchev–Trinajstić information content (AvgIpc) is 2.84. The van der Waals surface area contributed by atoms with E-state index in [1.54, 1.807) is 0 Å². The highest BCUT2D eigenvalue weighted by Crippen LogP contribution is 2.27. The predicted octanol–water partition coefficient (Wildman–Crippen LogP) is 2.85. The van der Waals surface area contributed by atoms with Gasteiger partial charge in [0.1, 0.15) is 5.82 Å². The molecule has 4 heteroatoms. The third kappa shape index (κ3) is 3.06. The lowest BCUT2D eigenvalue weighted by molar-refractivity contribution is 0.281. The number of aliphatic hydroxyl groups is 1. The number of rotatable bonds is 7. The SMILES string of the molecule is C=CCN(CC=C)c1c(CO)c(C)nn1-c1ccccc1. The lowest BCUT2D eigenvalue weighted by Crippen LogP contribution is -2.26. The van der Waals surface area contributed by atoms with E-state index < -0.39 is 0 Å². The van der Waals surface area contributed by atoms with Crippen molar-refractivity contribution in [2.75, 3.05) is 18.0 Å². The van der Waals surface area contributed by atoms with Crippen LogP contribution in [0.3, 0.4) is 0 Å². The van der Waals surface area contributed by atoms with Gasteiger partial charge in [0.05, 0.1) is 18.0 Å². The molecular formula is C17H21N3O. The Morgan fingerprint density at radius 2 is 1.81 bits per heavy atom. The number of para-hydroxylation sites is 1. The Morgan fingerprint density at radius 3 is 2.33 bits per heavy atom. The Bertz CT molecular complexity index is 606. The Hall–Kier alpha value is -2.33. The minimum absolute atomic E-state index is 0.0429. The molecule has 0 aliphatic heterocycles. The normalized spacial score (nSPS) is 10.4. The molecule has 0 aliphatic rings. The van der Waals surface area contributed by atoms with Gasteiger partial charge in [-0.2, -0.15) is 5.10 Å². The molecule has 0 radical (unpaired) electrons. The number of nitrogens with zero attached hydrogens (tertiary/aromatic N) is 3. The summed E-state index contributed by atoms with van der Waals surface area (Å²) < 4.78 is 1.87. The molecule has 2 rings (SSSR count). The van der Waals surface area contributed by atoms with E-state index in [0.717, 1.165) is 22.8 Å². The summed E-state index contributed by atoms with van der Waals surface area (Å²) in [4.78, 5) is 2.10. The van der Waals surface area contributed by atoms with Crippen molar-refractivity contribution in [2.45, 2.75) is 13.5 Å². The quantitative estimate of drug-likeness (QED) is 0.794. The van der Waals surface area contributed by atoms with Crippen molar-refractivity contribution >= 4 is 5.82 Å². The van der Waals surface area contributed by atoms with Crippen molar-refractivity contribution < 1.29 is 5.11 Å². The van der Waals surface area contributed by atoms with Crippen molar-refractivity contribution in [1.29, 1.82) is 0 Å². The van der Waals surface area contributed by atoms with Crippen LogP contribution in [0.1, 0.15) is 11.3 Å². The molecule has 0 bridgehead atoms. The number of hydrogen-bond acceptors (Lipinski definition) is 3. The molecule has 4 nitrogen and oxygen atoms in total. The second-order valence-electron chi connectivity index (χ2n) is 4.78. The number of hydrogen-bond donors (Lipinski definition) is 1. The molecule has 21 heavy (non-hydrogen) atoms. The minimum atomic E-state index is -0.0429. The molecule has 1 heterocycles. The third-order valence-corrected chi connectivity index (χ3v) is 3.31. The zero-order chi connectivity index (χ0) is 15.2. The summed E-state index contributed by atoms with van der Waals surface area (Å²) in [6, 6.07) is 9.91. The van der Waals surface area contributed by atoms with Crippen LogP contribution in [0.15, 0.2) is 55.6 Å². The standard InChI is InChI=1S/C17H21N3O/c1-4-11-19(12-5-2)17-16(13-21)14(3)18-20(17)15-9-7-6-8-10-15/h4-10,21H,1-2,11-13H2,3H3. The number of anilines is 1. The number of aromatic nitrogens is 2. The Morgan fingerprint density at radius 1 is 1.19 bits per heavy atom.